The topological polar surface area (TPSA) is 67.9 Å². The van der Waals surface area contributed by atoms with Gasteiger partial charge in [-0.15, -0.1) is 0 Å². The minimum absolute atomic E-state index is 0.0561. The Morgan fingerprint density at radius 2 is 1.78 bits per heavy atom. The highest BCUT2D eigenvalue weighted by Gasteiger charge is 2.25. The van der Waals surface area contributed by atoms with Gasteiger partial charge in [-0.25, -0.2) is 0 Å². The SMILES string of the molecule is CCCCNC(=O)[C@H](C)N(Cc1cccc(C)c1)C(=O)CCc1ccc(OC)c(OC)c1. The van der Waals surface area contributed by atoms with E-state index in [0.29, 0.717) is 37.4 Å². The van der Waals surface area contributed by atoms with Crippen molar-refractivity contribution in [3.05, 3.63) is 59.2 Å². The number of methoxy groups -OCH3 is 2. The Balaban J connectivity index is 2.14. The van der Waals surface area contributed by atoms with Gasteiger partial charge in [0.15, 0.2) is 11.5 Å². The second kappa shape index (κ2) is 12.7. The van der Waals surface area contributed by atoms with Crippen LogP contribution in [-0.2, 0) is 22.6 Å². The molecule has 0 saturated carbocycles. The highest BCUT2D eigenvalue weighted by atomic mass is 16.5. The second-order valence-corrected chi connectivity index (χ2v) is 8.02. The molecule has 0 fully saturated rings. The lowest BCUT2D eigenvalue weighted by atomic mass is 10.1. The van der Waals surface area contributed by atoms with Crippen LogP contribution in [0, 0.1) is 6.92 Å². The molecule has 32 heavy (non-hydrogen) atoms. The Hall–Kier alpha value is -3.02. The highest BCUT2D eigenvalue weighted by Crippen LogP contribution is 2.28. The Morgan fingerprint density at radius 1 is 1.03 bits per heavy atom. The number of hydrogen-bond acceptors (Lipinski definition) is 4. The van der Waals surface area contributed by atoms with Gasteiger partial charge in [-0.1, -0.05) is 49.2 Å². The zero-order valence-corrected chi connectivity index (χ0v) is 19.9. The molecule has 1 N–H and O–H groups in total. The zero-order chi connectivity index (χ0) is 23.5. The Morgan fingerprint density at radius 3 is 2.44 bits per heavy atom. The summed E-state index contributed by atoms with van der Waals surface area (Å²) >= 11 is 0. The second-order valence-electron chi connectivity index (χ2n) is 8.02. The van der Waals surface area contributed by atoms with Crippen LogP contribution in [0.15, 0.2) is 42.5 Å². The van der Waals surface area contributed by atoms with Crippen LogP contribution >= 0.6 is 0 Å². The fraction of sp³-hybridized carbons (Fsp3) is 0.462. The largest absolute Gasteiger partial charge is 0.493 e. The molecule has 1 atom stereocenters. The summed E-state index contributed by atoms with van der Waals surface area (Å²) in [5, 5.41) is 2.95. The molecule has 0 bridgehead atoms. The first-order chi connectivity index (χ1) is 15.4. The minimum atomic E-state index is -0.551. The van der Waals surface area contributed by atoms with Gasteiger partial charge in [0.05, 0.1) is 14.2 Å². The summed E-state index contributed by atoms with van der Waals surface area (Å²) in [6, 6.07) is 13.1. The predicted molar refractivity (Wildman–Crippen MR) is 127 cm³/mol. The Labute approximate surface area is 191 Å². The van der Waals surface area contributed by atoms with E-state index in [-0.39, 0.29) is 11.8 Å². The van der Waals surface area contributed by atoms with Crippen molar-refractivity contribution in [1.29, 1.82) is 0 Å². The number of carbonyl (C=O) groups excluding carboxylic acids is 2. The maximum absolute atomic E-state index is 13.2. The highest BCUT2D eigenvalue weighted by molar-refractivity contribution is 5.87. The van der Waals surface area contributed by atoms with Crippen LogP contribution in [0.1, 0.15) is 49.8 Å². The molecule has 0 aliphatic heterocycles. The van der Waals surface area contributed by atoms with Gasteiger partial charge in [-0.2, -0.15) is 0 Å². The number of benzene rings is 2. The number of unbranched alkanes of at least 4 members (excludes halogenated alkanes) is 1. The van der Waals surface area contributed by atoms with Gasteiger partial charge in [0, 0.05) is 19.5 Å². The van der Waals surface area contributed by atoms with E-state index < -0.39 is 6.04 Å². The fourth-order valence-corrected chi connectivity index (χ4v) is 3.56. The van der Waals surface area contributed by atoms with Crippen LogP contribution in [0.25, 0.3) is 0 Å². The van der Waals surface area contributed by atoms with Gasteiger partial charge >= 0.3 is 0 Å². The quantitative estimate of drug-likeness (QED) is 0.500. The van der Waals surface area contributed by atoms with E-state index in [1.54, 1.807) is 26.0 Å². The number of hydrogen-bond donors (Lipinski definition) is 1. The van der Waals surface area contributed by atoms with Crippen molar-refractivity contribution in [1.82, 2.24) is 10.2 Å². The first-order valence-corrected chi connectivity index (χ1v) is 11.2. The predicted octanol–water partition coefficient (Wildman–Crippen LogP) is 4.28. The maximum atomic E-state index is 13.2. The van der Waals surface area contributed by atoms with E-state index >= 15 is 0 Å². The number of nitrogens with zero attached hydrogens (tertiary/aromatic N) is 1. The van der Waals surface area contributed by atoms with E-state index in [0.717, 1.165) is 29.5 Å². The molecule has 0 radical (unpaired) electrons. The summed E-state index contributed by atoms with van der Waals surface area (Å²) < 4.78 is 10.6. The van der Waals surface area contributed by atoms with E-state index in [2.05, 4.69) is 18.3 Å². The summed E-state index contributed by atoms with van der Waals surface area (Å²) in [7, 11) is 3.19. The third-order valence-corrected chi connectivity index (χ3v) is 5.51. The lowest BCUT2D eigenvalue weighted by Crippen LogP contribution is -2.47. The van der Waals surface area contributed by atoms with Gasteiger partial charge in [-0.05, 0) is 49.9 Å². The molecule has 0 aromatic heterocycles. The van der Waals surface area contributed by atoms with Gasteiger partial charge < -0.3 is 19.7 Å². The van der Waals surface area contributed by atoms with Crippen molar-refractivity contribution >= 4 is 11.8 Å². The van der Waals surface area contributed by atoms with Crippen molar-refractivity contribution in [3.63, 3.8) is 0 Å². The average molecular weight is 441 g/mol. The first-order valence-electron chi connectivity index (χ1n) is 11.2. The minimum Gasteiger partial charge on any atom is -0.493 e. The van der Waals surface area contributed by atoms with E-state index in [1.807, 2.05) is 43.3 Å². The normalized spacial score (nSPS) is 11.5. The number of ether oxygens (including phenoxy) is 2. The van der Waals surface area contributed by atoms with Gasteiger partial charge in [0.1, 0.15) is 6.04 Å². The van der Waals surface area contributed by atoms with Crippen molar-refractivity contribution in [2.75, 3.05) is 20.8 Å². The number of aryl methyl sites for hydroxylation is 2. The van der Waals surface area contributed by atoms with Crippen LogP contribution in [0.2, 0.25) is 0 Å². The summed E-state index contributed by atoms with van der Waals surface area (Å²) in [5.41, 5.74) is 3.12. The third kappa shape index (κ3) is 7.29. The molecule has 0 spiro atoms. The Kier molecular flexibility index (Phi) is 10.1. The number of nitrogens with one attached hydrogen (secondary N) is 1. The van der Waals surface area contributed by atoms with Gasteiger partial charge in [0.2, 0.25) is 11.8 Å². The molecule has 174 valence electrons. The van der Waals surface area contributed by atoms with Gasteiger partial charge in [-0.3, -0.25) is 9.59 Å². The molecular formula is C26H36N2O4. The van der Waals surface area contributed by atoms with Crippen LogP contribution in [0.4, 0.5) is 0 Å². The average Bonchev–Trinajstić information content (AvgIpc) is 2.80. The standard InChI is InChI=1S/C26H36N2O4/c1-6-7-15-27-26(30)20(3)28(18-22-10-8-9-19(2)16-22)25(29)14-12-21-11-13-23(31-4)24(17-21)32-5/h8-11,13,16-17,20H,6-7,12,14-15,18H2,1-5H3,(H,27,30)/t20-/m0/s1. The van der Waals surface area contributed by atoms with Crippen molar-refractivity contribution in [2.45, 2.75) is 59.0 Å². The lowest BCUT2D eigenvalue weighted by Gasteiger charge is -2.29. The van der Waals surface area contributed by atoms with Crippen LogP contribution in [-0.4, -0.2) is 43.5 Å². The van der Waals surface area contributed by atoms with Crippen molar-refractivity contribution in [3.8, 4) is 11.5 Å². The van der Waals surface area contributed by atoms with Crippen molar-refractivity contribution in [2.24, 2.45) is 0 Å². The van der Waals surface area contributed by atoms with E-state index in [9.17, 15) is 9.59 Å². The first kappa shape index (κ1) is 25.2. The van der Waals surface area contributed by atoms with E-state index in [1.165, 1.54) is 0 Å². The van der Waals surface area contributed by atoms with Crippen LogP contribution in [0.3, 0.4) is 0 Å². The van der Waals surface area contributed by atoms with Crippen molar-refractivity contribution < 1.29 is 19.1 Å². The molecule has 6 heteroatoms. The molecule has 0 unspecified atom stereocenters. The fourth-order valence-electron chi connectivity index (χ4n) is 3.56. The molecule has 0 heterocycles. The molecule has 6 nitrogen and oxygen atoms in total. The summed E-state index contributed by atoms with van der Waals surface area (Å²) in [6.07, 6.45) is 2.77. The van der Waals surface area contributed by atoms with Crippen LogP contribution < -0.4 is 14.8 Å². The monoisotopic (exact) mass is 440 g/mol. The molecule has 0 aliphatic carbocycles. The molecule has 2 amide bonds. The summed E-state index contributed by atoms with van der Waals surface area (Å²) in [6.45, 7) is 6.92. The third-order valence-electron chi connectivity index (χ3n) is 5.51. The molecule has 0 saturated heterocycles. The number of carbonyl (C=O) groups is 2. The van der Waals surface area contributed by atoms with E-state index in [4.69, 9.17) is 9.47 Å². The Bertz CT molecular complexity index is 897. The van der Waals surface area contributed by atoms with Crippen LogP contribution in [0.5, 0.6) is 11.5 Å². The molecular weight excluding hydrogens is 404 g/mol. The molecule has 0 aliphatic rings. The summed E-state index contributed by atoms with van der Waals surface area (Å²) in [5.74, 6) is 1.11. The van der Waals surface area contributed by atoms with Gasteiger partial charge in [0.25, 0.3) is 0 Å². The molecule has 2 rings (SSSR count). The number of rotatable bonds is 12. The lowest BCUT2D eigenvalue weighted by molar-refractivity contribution is -0.140. The zero-order valence-electron chi connectivity index (χ0n) is 19.9. The maximum Gasteiger partial charge on any atom is 0.242 e. The summed E-state index contributed by atoms with van der Waals surface area (Å²) in [4.78, 5) is 27.6. The molecule has 2 aromatic carbocycles. The molecule has 2 aromatic rings. The smallest absolute Gasteiger partial charge is 0.242 e. The number of amides is 2.